The minimum Gasteiger partial charge on any atom is -0.493 e. The predicted octanol–water partition coefficient (Wildman–Crippen LogP) is 5.74. The number of carboxylic acid groups (broad SMARTS) is 1. The molecule has 0 fully saturated rings. The molecule has 0 aliphatic heterocycles. The second-order valence-electron chi connectivity index (χ2n) is 7.88. The summed E-state index contributed by atoms with van der Waals surface area (Å²) in [5.41, 5.74) is 3.92. The Bertz CT molecular complexity index is 1300. The summed E-state index contributed by atoms with van der Waals surface area (Å²) in [7, 11) is 1.61. The van der Waals surface area contributed by atoms with Crippen LogP contribution in [0.4, 0.5) is 0 Å². The molecule has 1 aromatic heterocycles. The van der Waals surface area contributed by atoms with Crippen LogP contribution in [-0.4, -0.2) is 29.4 Å². The van der Waals surface area contributed by atoms with E-state index in [2.05, 4.69) is 5.32 Å². The van der Waals surface area contributed by atoms with Gasteiger partial charge in [-0.3, -0.25) is 0 Å². The highest BCUT2D eigenvalue weighted by Gasteiger charge is 2.22. The third kappa shape index (κ3) is 5.03. The van der Waals surface area contributed by atoms with E-state index in [4.69, 9.17) is 21.1 Å². The number of hydrogen-bond donors (Lipinski definition) is 2. The van der Waals surface area contributed by atoms with Crippen LogP contribution in [-0.2, 0) is 19.6 Å². The molecule has 0 atom stereocenters. The number of carboxylic acids is 1. The molecule has 4 rings (SSSR count). The van der Waals surface area contributed by atoms with Gasteiger partial charge in [-0.1, -0.05) is 48.0 Å². The molecule has 3 aromatic carbocycles. The topological polar surface area (TPSA) is 72.7 Å². The number of ether oxygens (including phenoxy) is 2. The number of rotatable bonds is 10. The summed E-state index contributed by atoms with van der Waals surface area (Å²) in [5, 5.41) is 15.1. The van der Waals surface area contributed by atoms with E-state index < -0.39 is 5.97 Å². The van der Waals surface area contributed by atoms with Gasteiger partial charge in [0.2, 0.25) is 0 Å². The van der Waals surface area contributed by atoms with Gasteiger partial charge in [-0.05, 0) is 48.4 Å². The highest BCUT2D eigenvalue weighted by Crippen LogP contribution is 2.29. The lowest BCUT2D eigenvalue weighted by Gasteiger charge is -2.12. The smallest absolute Gasteiger partial charge is 0.352 e. The Hall–Kier alpha value is -3.48. The number of methoxy groups -OCH3 is 1. The van der Waals surface area contributed by atoms with Crippen molar-refractivity contribution in [1.82, 2.24) is 9.88 Å². The molecule has 4 aromatic rings. The van der Waals surface area contributed by atoms with Crippen LogP contribution >= 0.6 is 11.6 Å². The number of nitrogens with one attached hydrogen (secondary N) is 1. The minimum absolute atomic E-state index is 0.285. The molecule has 7 heteroatoms. The van der Waals surface area contributed by atoms with Gasteiger partial charge in [0.1, 0.15) is 5.69 Å². The third-order valence-corrected chi connectivity index (χ3v) is 5.94. The van der Waals surface area contributed by atoms with E-state index in [0.29, 0.717) is 42.8 Å². The molecule has 0 spiro atoms. The zero-order chi connectivity index (χ0) is 24.1. The second kappa shape index (κ2) is 10.6. The summed E-state index contributed by atoms with van der Waals surface area (Å²) < 4.78 is 12.9. The maximum Gasteiger partial charge on any atom is 0.352 e. The molecule has 0 bridgehead atoms. The van der Waals surface area contributed by atoms with Crippen molar-refractivity contribution in [3.63, 3.8) is 0 Å². The maximum absolute atomic E-state index is 12.4. The molecule has 0 amide bonds. The average molecular weight is 479 g/mol. The van der Waals surface area contributed by atoms with Crippen molar-refractivity contribution in [2.45, 2.75) is 26.6 Å². The number of fused-ring (bicyclic) bond motifs is 1. The van der Waals surface area contributed by atoms with Crippen molar-refractivity contribution in [3.05, 3.63) is 94.1 Å². The van der Waals surface area contributed by atoms with E-state index in [0.717, 1.165) is 27.6 Å². The summed E-state index contributed by atoms with van der Waals surface area (Å²) in [5.74, 6) is 0.420. The number of carbonyl (C=O) groups is 1. The van der Waals surface area contributed by atoms with E-state index in [-0.39, 0.29) is 5.69 Å². The van der Waals surface area contributed by atoms with Gasteiger partial charge in [-0.25, -0.2) is 4.79 Å². The lowest BCUT2D eigenvalue weighted by atomic mass is 10.1. The normalized spacial score (nSPS) is 11.0. The lowest BCUT2D eigenvalue weighted by Crippen LogP contribution is -2.17. The fraction of sp³-hybridized carbons (Fsp3) is 0.222. The quantitative estimate of drug-likeness (QED) is 0.304. The fourth-order valence-corrected chi connectivity index (χ4v) is 4.29. The average Bonchev–Trinajstić information content (AvgIpc) is 3.15. The van der Waals surface area contributed by atoms with Crippen LogP contribution in [0.1, 0.15) is 34.1 Å². The second-order valence-corrected chi connectivity index (χ2v) is 8.32. The van der Waals surface area contributed by atoms with Gasteiger partial charge in [0.05, 0.1) is 13.7 Å². The van der Waals surface area contributed by atoms with Crippen LogP contribution in [0.2, 0.25) is 5.02 Å². The van der Waals surface area contributed by atoms with Gasteiger partial charge in [0.25, 0.3) is 0 Å². The van der Waals surface area contributed by atoms with Crippen molar-refractivity contribution in [2.75, 3.05) is 13.7 Å². The zero-order valence-electron chi connectivity index (χ0n) is 19.2. The van der Waals surface area contributed by atoms with Gasteiger partial charge >= 0.3 is 5.97 Å². The number of halogens is 1. The molecule has 0 radical (unpaired) electrons. The SMILES string of the molecule is CCOc1ccc(CNCc2c(C(=O)O)n(Cc3ccc(Cl)cc3)c3ccccc23)cc1OC. The van der Waals surface area contributed by atoms with Crippen LogP contribution in [0.3, 0.4) is 0 Å². The molecule has 34 heavy (non-hydrogen) atoms. The van der Waals surface area contributed by atoms with Gasteiger partial charge in [0, 0.05) is 41.1 Å². The summed E-state index contributed by atoms with van der Waals surface area (Å²) in [6, 6.07) is 21.0. The Morgan fingerprint density at radius 1 is 1.00 bits per heavy atom. The Kier molecular flexibility index (Phi) is 7.40. The fourth-order valence-electron chi connectivity index (χ4n) is 4.16. The first-order valence-corrected chi connectivity index (χ1v) is 11.5. The molecule has 6 nitrogen and oxygen atoms in total. The van der Waals surface area contributed by atoms with E-state index in [1.165, 1.54) is 0 Å². The minimum atomic E-state index is -0.954. The highest BCUT2D eigenvalue weighted by molar-refractivity contribution is 6.30. The Labute approximate surface area is 203 Å². The van der Waals surface area contributed by atoms with E-state index in [1.54, 1.807) is 7.11 Å². The van der Waals surface area contributed by atoms with Crippen LogP contribution in [0.15, 0.2) is 66.7 Å². The monoisotopic (exact) mass is 478 g/mol. The molecule has 0 saturated heterocycles. The molecule has 0 saturated carbocycles. The van der Waals surface area contributed by atoms with Crippen molar-refractivity contribution < 1.29 is 19.4 Å². The van der Waals surface area contributed by atoms with Gasteiger partial charge in [-0.2, -0.15) is 0 Å². The number of nitrogens with zero attached hydrogens (tertiary/aromatic N) is 1. The van der Waals surface area contributed by atoms with Crippen LogP contribution in [0.5, 0.6) is 11.5 Å². The van der Waals surface area contributed by atoms with Gasteiger partial charge < -0.3 is 24.5 Å². The first kappa shape index (κ1) is 23.7. The lowest BCUT2D eigenvalue weighted by molar-refractivity contribution is 0.0684. The number of benzene rings is 3. The van der Waals surface area contributed by atoms with Crippen molar-refractivity contribution in [1.29, 1.82) is 0 Å². The Morgan fingerprint density at radius 2 is 1.74 bits per heavy atom. The standard InChI is InChI=1S/C27H27ClN2O4/c1-3-34-24-13-10-19(14-25(24)33-2)15-29-16-22-21-6-4-5-7-23(21)30(26(22)27(31)32)17-18-8-11-20(28)12-9-18/h4-14,29H,3,15-17H2,1-2H3,(H,31,32). The summed E-state index contributed by atoms with van der Waals surface area (Å²) in [6.07, 6.45) is 0. The first-order chi connectivity index (χ1) is 16.5. The van der Waals surface area contributed by atoms with Crippen molar-refractivity contribution in [2.24, 2.45) is 0 Å². The number of para-hydroxylation sites is 1. The van der Waals surface area contributed by atoms with E-state index in [1.807, 2.05) is 78.2 Å². The van der Waals surface area contributed by atoms with Crippen LogP contribution in [0.25, 0.3) is 10.9 Å². The molecule has 0 aliphatic carbocycles. The molecule has 1 heterocycles. The van der Waals surface area contributed by atoms with Crippen molar-refractivity contribution >= 4 is 28.5 Å². The molecule has 2 N–H and O–H groups in total. The molecule has 0 unspecified atom stereocenters. The zero-order valence-corrected chi connectivity index (χ0v) is 19.9. The predicted molar refractivity (Wildman–Crippen MR) is 134 cm³/mol. The Balaban J connectivity index is 1.62. The molecule has 0 aliphatic rings. The molecular formula is C27H27ClN2O4. The summed E-state index contributed by atoms with van der Waals surface area (Å²) >= 11 is 6.02. The number of hydrogen-bond acceptors (Lipinski definition) is 4. The van der Waals surface area contributed by atoms with Gasteiger partial charge in [0.15, 0.2) is 11.5 Å². The number of aromatic carboxylic acids is 1. The van der Waals surface area contributed by atoms with Crippen LogP contribution in [0, 0.1) is 0 Å². The van der Waals surface area contributed by atoms with Crippen molar-refractivity contribution in [3.8, 4) is 11.5 Å². The highest BCUT2D eigenvalue weighted by atomic mass is 35.5. The van der Waals surface area contributed by atoms with E-state index in [9.17, 15) is 9.90 Å². The van der Waals surface area contributed by atoms with Gasteiger partial charge in [-0.15, -0.1) is 0 Å². The molecule has 176 valence electrons. The summed E-state index contributed by atoms with van der Waals surface area (Å²) in [6.45, 7) is 3.89. The summed E-state index contributed by atoms with van der Waals surface area (Å²) in [4.78, 5) is 12.4. The largest absolute Gasteiger partial charge is 0.493 e. The molecular weight excluding hydrogens is 452 g/mol. The third-order valence-electron chi connectivity index (χ3n) is 5.69. The first-order valence-electron chi connectivity index (χ1n) is 11.1. The Morgan fingerprint density at radius 3 is 2.44 bits per heavy atom. The van der Waals surface area contributed by atoms with Crippen LogP contribution < -0.4 is 14.8 Å². The maximum atomic E-state index is 12.4. The number of aromatic nitrogens is 1. The van der Waals surface area contributed by atoms with E-state index >= 15 is 0 Å².